The highest BCUT2D eigenvalue weighted by atomic mass is 17.0. The molecule has 0 aromatic carbocycles. The smallest absolute Gasteiger partial charge is 0.0354 e. The Hall–Kier alpha value is -0.340. The standard InChI is InChI=1S/C6H12.H2O2/c1-3-5-6-4-2;1-2/h3H,1,4-6H2,2H3;1-2H. The quantitative estimate of drug-likeness (QED) is 0.258. The Morgan fingerprint density at radius 1 is 1.50 bits per heavy atom. The first-order valence-corrected chi connectivity index (χ1v) is 2.72. The zero-order valence-electron chi connectivity index (χ0n) is 5.30. The predicted octanol–water partition coefficient (Wildman–Crippen LogP) is 2.38. The van der Waals surface area contributed by atoms with Crippen molar-refractivity contribution in [1.82, 2.24) is 0 Å². The predicted molar refractivity (Wildman–Crippen MR) is 35.0 cm³/mol. The van der Waals surface area contributed by atoms with Gasteiger partial charge in [-0.3, -0.25) is 10.5 Å². The van der Waals surface area contributed by atoms with Crippen LogP contribution in [0.25, 0.3) is 0 Å². The number of rotatable bonds is 3. The third kappa shape index (κ3) is 17.4. The molecule has 0 saturated carbocycles. The van der Waals surface area contributed by atoms with Crippen molar-refractivity contribution < 1.29 is 10.5 Å². The minimum atomic E-state index is 1.18. The van der Waals surface area contributed by atoms with Crippen LogP contribution in [0.15, 0.2) is 12.7 Å². The summed E-state index contributed by atoms with van der Waals surface area (Å²) in [6.07, 6.45) is 5.72. The van der Waals surface area contributed by atoms with Crippen LogP contribution in [0.2, 0.25) is 0 Å². The van der Waals surface area contributed by atoms with Gasteiger partial charge in [-0.05, 0) is 6.42 Å². The zero-order chi connectivity index (χ0) is 6.83. The van der Waals surface area contributed by atoms with E-state index in [9.17, 15) is 0 Å². The molecule has 0 radical (unpaired) electrons. The number of unbranched alkanes of at least 4 members (excludes halogenated alkanes) is 2. The molecule has 0 atom stereocenters. The molecule has 0 fully saturated rings. The van der Waals surface area contributed by atoms with Gasteiger partial charge in [0.25, 0.3) is 0 Å². The molecule has 8 heavy (non-hydrogen) atoms. The second-order valence-electron chi connectivity index (χ2n) is 1.43. The van der Waals surface area contributed by atoms with E-state index < -0.39 is 0 Å². The molecule has 0 aliphatic carbocycles. The average Bonchev–Trinajstić information content (AvgIpc) is 1.88. The fraction of sp³-hybridized carbons (Fsp3) is 0.667. The summed E-state index contributed by atoms with van der Waals surface area (Å²) in [6, 6.07) is 0. The van der Waals surface area contributed by atoms with E-state index in [4.69, 9.17) is 10.5 Å². The van der Waals surface area contributed by atoms with Gasteiger partial charge in [0.2, 0.25) is 0 Å². The molecule has 0 aromatic rings. The van der Waals surface area contributed by atoms with Gasteiger partial charge in [-0.15, -0.1) is 6.58 Å². The summed E-state index contributed by atoms with van der Waals surface area (Å²) in [5, 5.41) is 12.0. The molecule has 0 saturated heterocycles. The van der Waals surface area contributed by atoms with Crippen molar-refractivity contribution in [2.75, 3.05) is 0 Å². The topological polar surface area (TPSA) is 40.5 Å². The highest BCUT2D eigenvalue weighted by molar-refractivity contribution is 4.64. The molecule has 0 heterocycles. The van der Waals surface area contributed by atoms with Crippen LogP contribution < -0.4 is 0 Å². The van der Waals surface area contributed by atoms with E-state index in [0.717, 1.165) is 0 Å². The van der Waals surface area contributed by atoms with Gasteiger partial charge in [0.1, 0.15) is 0 Å². The maximum absolute atomic E-state index is 6.00. The molecule has 0 aromatic heterocycles. The van der Waals surface area contributed by atoms with E-state index in [-0.39, 0.29) is 0 Å². The van der Waals surface area contributed by atoms with Crippen molar-refractivity contribution in [3.63, 3.8) is 0 Å². The molecule has 0 amide bonds. The van der Waals surface area contributed by atoms with Gasteiger partial charge in [0.15, 0.2) is 0 Å². The van der Waals surface area contributed by atoms with E-state index in [2.05, 4.69) is 13.5 Å². The summed E-state index contributed by atoms with van der Waals surface area (Å²) in [4.78, 5) is 0. The monoisotopic (exact) mass is 118 g/mol. The van der Waals surface area contributed by atoms with Crippen molar-refractivity contribution in [3.05, 3.63) is 12.7 Å². The van der Waals surface area contributed by atoms with Gasteiger partial charge in [-0.2, -0.15) is 0 Å². The zero-order valence-corrected chi connectivity index (χ0v) is 5.30. The van der Waals surface area contributed by atoms with Gasteiger partial charge in [0.05, 0.1) is 0 Å². The largest absolute Gasteiger partial charge is 0.255 e. The molecule has 2 N–H and O–H groups in total. The Morgan fingerprint density at radius 2 is 2.00 bits per heavy atom. The van der Waals surface area contributed by atoms with E-state index in [1.165, 1.54) is 19.3 Å². The molecule has 0 bridgehead atoms. The molecule has 0 rings (SSSR count). The van der Waals surface area contributed by atoms with Crippen LogP contribution in [-0.4, -0.2) is 10.5 Å². The lowest BCUT2D eigenvalue weighted by Crippen LogP contribution is -1.61. The second-order valence-corrected chi connectivity index (χ2v) is 1.43. The van der Waals surface area contributed by atoms with Crippen LogP contribution in [0.3, 0.4) is 0 Å². The Kier molecular flexibility index (Phi) is 21.1. The molecule has 2 heteroatoms. The lowest BCUT2D eigenvalue weighted by molar-refractivity contribution is -0.176. The third-order valence-corrected chi connectivity index (χ3v) is 0.762. The lowest BCUT2D eigenvalue weighted by Gasteiger charge is -1.81. The van der Waals surface area contributed by atoms with E-state index in [0.29, 0.717) is 0 Å². The molecule has 0 aliphatic heterocycles. The fourth-order valence-electron chi connectivity index (χ4n) is 0.348. The van der Waals surface area contributed by atoms with Gasteiger partial charge < -0.3 is 0 Å². The van der Waals surface area contributed by atoms with Crippen LogP contribution in [0.5, 0.6) is 0 Å². The number of hydrogen-bond donors (Lipinski definition) is 2. The molecule has 0 unspecified atom stereocenters. The minimum absolute atomic E-state index is 1.18. The molecule has 0 spiro atoms. The molecular formula is C6H14O2. The van der Waals surface area contributed by atoms with Gasteiger partial charge in [0, 0.05) is 0 Å². The van der Waals surface area contributed by atoms with Gasteiger partial charge >= 0.3 is 0 Å². The number of hydrogen-bond acceptors (Lipinski definition) is 2. The highest BCUT2D eigenvalue weighted by Crippen LogP contribution is 1.91. The highest BCUT2D eigenvalue weighted by Gasteiger charge is 1.71. The molecule has 50 valence electrons. The lowest BCUT2D eigenvalue weighted by atomic mass is 10.3. The molecule has 0 aliphatic rings. The maximum Gasteiger partial charge on any atom is -0.0354 e. The third-order valence-electron chi connectivity index (χ3n) is 0.762. The van der Waals surface area contributed by atoms with Crippen LogP contribution in [0, 0.1) is 0 Å². The SMILES string of the molecule is C=CCCCC.OO. The summed E-state index contributed by atoms with van der Waals surface area (Å²) < 4.78 is 0. The Bertz CT molecular complexity index is 35.5. The molecule has 2 nitrogen and oxygen atoms in total. The summed E-state index contributed by atoms with van der Waals surface area (Å²) in [6.45, 7) is 5.78. The van der Waals surface area contributed by atoms with Crippen molar-refractivity contribution in [1.29, 1.82) is 0 Å². The van der Waals surface area contributed by atoms with Crippen LogP contribution in [0.4, 0.5) is 0 Å². The van der Waals surface area contributed by atoms with E-state index in [1.807, 2.05) is 6.08 Å². The minimum Gasteiger partial charge on any atom is -0.255 e. The van der Waals surface area contributed by atoms with Crippen molar-refractivity contribution in [2.24, 2.45) is 0 Å². The van der Waals surface area contributed by atoms with Gasteiger partial charge in [-0.25, -0.2) is 0 Å². The molecular weight excluding hydrogens is 104 g/mol. The fourth-order valence-corrected chi connectivity index (χ4v) is 0.348. The summed E-state index contributed by atoms with van der Waals surface area (Å²) in [5.74, 6) is 0. The van der Waals surface area contributed by atoms with Crippen molar-refractivity contribution in [2.45, 2.75) is 26.2 Å². The number of allylic oxidation sites excluding steroid dienone is 1. The first-order valence-electron chi connectivity index (χ1n) is 2.72. The van der Waals surface area contributed by atoms with Crippen LogP contribution in [0.1, 0.15) is 26.2 Å². The van der Waals surface area contributed by atoms with Crippen LogP contribution in [-0.2, 0) is 0 Å². The Balaban J connectivity index is 0. The normalized spacial score (nSPS) is 6.88. The summed E-state index contributed by atoms with van der Waals surface area (Å²) in [5.41, 5.74) is 0. The first kappa shape index (κ1) is 10.6. The Morgan fingerprint density at radius 3 is 2.12 bits per heavy atom. The van der Waals surface area contributed by atoms with Crippen molar-refractivity contribution in [3.8, 4) is 0 Å². The van der Waals surface area contributed by atoms with E-state index in [1.54, 1.807) is 0 Å². The van der Waals surface area contributed by atoms with Gasteiger partial charge in [-0.1, -0.05) is 25.8 Å². The second kappa shape index (κ2) is 15.9. The van der Waals surface area contributed by atoms with E-state index >= 15 is 0 Å². The van der Waals surface area contributed by atoms with Crippen molar-refractivity contribution >= 4 is 0 Å². The average molecular weight is 118 g/mol. The Labute approximate surface area is 50.4 Å². The first-order chi connectivity index (χ1) is 3.91. The summed E-state index contributed by atoms with van der Waals surface area (Å²) >= 11 is 0. The summed E-state index contributed by atoms with van der Waals surface area (Å²) in [7, 11) is 0. The van der Waals surface area contributed by atoms with Crippen LogP contribution >= 0.6 is 0 Å². The maximum atomic E-state index is 6.00.